The van der Waals surface area contributed by atoms with Crippen LogP contribution in [0.15, 0.2) is 18.7 Å². The molecule has 2 heterocycles. The van der Waals surface area contributed by atoms with Crippen LogP contribution in [-0.2, 0) is 11.3 Å². The second kappa shape index (κ2) is 4.42. The molecule has 1 atom stereocenters. The minimum Gasteiger partial charge on any atom is -0.378 e. The Bertz CT molecular complexity index is 227. The molecule has 3 nitrogen and oxygen atoms in total. The van der Waals surface area contributed by atoms with Crippen LogP contribution in [0.5, 0.6) is 0 Å². The van der Waals surface area contributed by atoms with Crippen LogP contribution >= 0.6 is 0 Å². The number of hydrogen-bond donors (Lipinski definition) is 0. The summed E-state index contributed by atoms with van der Waals surface area (Å²) in [6.07, 6.45) is 11.1. The molecule has 0 aliphatic carbocycles. The lowest BCUT2D eigenvalue weighted by molar-refractivity contribution is 0.101. The molecule has 13 heavy (non-hydrogen) atoms. The van der Waals surface area contributed by atoms with Gasteiger partial charge in [0.15, 0.2) is 0 Å². The van der Waals surface area contributed by atoms with Crippen molar-refractivity contribution in [2.75, 3.05) is 6.61 Å². The summed E-state index contributed by atoms with van der Waals surface area (Å²) in [6.45, 7) is 2.04. The van der Waals surface area contributed by atoms with Crippen molar-refractivity contribution in [3.8, 4) is 0 Å². The molecule has 0 bridgehead atoms. The topological polar surface area (TPSA) is 27.1 Å². The molecule has 1 aromatic heterocycles. The molecule has 0 aromatic carbocycles. The highest BCUT2D eigenvalue weighted by atomic mass is 16.5. The smallest absolute Gasteiger partial charge is 0.0945 e. The van der Waals surface area contributed by atoms with Gasteiger partial charge >= 0.3 is 0 Å². The minimum atomic E-state index is 0.531. The van der Waals surface area contributed by atoms with Crippen molar-refractivity contribution in [1.29, 1.82) is 0 Å². The van der Waals surface area contributed by atoms with Gasteiger partial charge in [-0.2, -0.15) is 0 Å². The highest BCUT2D eigenvalue weighted by Crippen LogP contribution is 2.16. The van der Waals surface area contributed by atoms with Crippen molar-refractivity contribution in [3.63, 3.8) is 0 Å². The van der Waals surface area contributed by atoms with Crippen molar-refractivity contribution < 1.29 is 4.74 Å². The fourth-order valence-electron chi connectivity index (χ4n) is 1.79. The Labute approximate surface area is 78.7 Å². The maximum absolute atomic E-state index is 5.55. The summed E-state index contributed by atoms with van der Waals surface area (Å²) in [7, 11) is 0. The maximum atomic E-state index is 5.55. The van der Waals surface area contributed by atoms with Crippen LogP contribution in [0.1, 0.15) is 25.7 Å². The van der Waals surface area contributed by atoms with Gasteiger partial charge in [0.2, 0.25) is 0 Å². The monoisotopic (exact) mass is 180 g/mol. The Balaban J connectivity index is 1.63. The molecule has 72 valence electrons. The Hall–Kier alpha value is -0.830. The molecule has 0 radical (unpaired) electrons. The van der Waals surface area contributed by atoms with Crippen molar-refractivity contribution in [2.24, 2.45) is 0 Å². The van der Waals surface area contributed by atoms with E-state index in [-0.39, 0.29) is 0 Å². The molecule has 0 N–H and O–H groups in total. The van der Waals surface area contributed by atoms with E-state index >= 15 is 0 Å². The van der Waals surface area contributed by atoms with Crippen LogP contribution in [0, 0.1) is 0 Å². The molecule has 0 amide bonds. The van der Waals surface area contributed by atoms with E-state index in [1.165, 1.54) is 25.7 Å². The molecule has 1 saturated heterocycles. The fourth-order valence-corrected chi connectivity index (χ4v) is 1.79. The predicted octanol–water partition coefficient (Wildman–Crippen LogP) is 1.84. The summed E-state index contributed by atoms with van der Waals surface area (Å²) in [5.41, 5.74) is 0. The third-order valence-corrected chi connectivity index (χ3v) is 2.53. The summed E-state index contributed by atoms with van der Waals surface area (Å²) in [4.78, 5) is 4.00. The molecule has 2 rings (SSSR count). The van der Waals surface area contributed by atoms with Crippen molar-refractivity contribution >= 4 is 0 Å². The molecule has 1 unspecified atom stereocenters. The molecule has 1 aliphatic heterocycles. The average molecular weight is 180 g/mol. The number of aromatic nitrogens is 2. The lowest BCUT2D eigenvalue weighted by Crippen LogP contribution is -2.06. The van der Waals surface area contributed by atoms with E-state index in [1.54, 1.807) is 0 Å². The van der Waals surface area contributed by atoms with E-state index in [4.69, 9.17) is 4.74 Å². The van der Waals surface area contributed by atoms with Crippen LogP contribution in [0.3, 0.4) is 0 Å². The summed E-state index contributed by atoms with van der Waals surface area (Å²) >= 11 is 0. The molecule has 1 aromatic rings. The summed E-state index contributed by atoms with van der Waals surface area (Å²) < 4.78 is 7.67. The number of ether oxygens (including phenoxy) is 1. The van der Waals surface area contributed by atoms with Gasteiger partial charge in [-0.25, -0.2) is 4.98 Å². The lowest BCUT2D eigenvalue weighted by Gasteiger charge is -2.08. The molecular formula is C10H16N2O. The lowest BCUT2D eigenvalue weighted by atomic mass is 10.1. The van der Waals surface area contributed by atoms with Crippen LogP contribution in [0.2, 0.25) is 0 Å². The van der Waals surface area contributed by atoms with E-state index in [0.717, 1.165) is 13.2 Å². The average Bonchev–Trinajstić information content (AvgIpc) is 2.75. The zero-order valence-corrected chi connectivity index (χ0v) is 7.85. The summed E-state index contributed by atoms with van der Waals surface area (Å²) in [5, 5.41) is 0. The highest BCUT2D eigenvalue weighted by Gasteiger charge is 2.14. The Kier molecular flexibility index (Phi) is 2.98. The Morgan fingerprint density at radius 3 is 3.23 bits per heavy atom. The van der Waals surface area contributed by atoms with Gasteiger partial charge in [-0.3, -0.25) is 0 Å². The molecule has 1 aliphatic rings. The van der Waals surface area contributed by atoms with E-state index < -0.39 is 0 Å². The summed E-state index contributed by atoms with van der Waals surface area (Å²) in [6, 6.07) is 0. The van der Waals surface area contributed by atoms with Crippen LogP contribution < -0.4 is 0 Å². The Morgan fingerprint density at radius 2 is 2.54 bits per heavy atom. The second-order valence-corrected chi connectivity index (χ2v) is 3.58. The van der Waals surface area contributed by atoms with E-state index in [0.29, 0.717) is 6.10 Å². The zero-order valence-electron chi connectivity index (χ0n) is 7.85. The van der Waals surface area contributed by atoms with Gasteiger partial charge in [0.05, 0.1) is 12.4 Å². The van der Waals surface area contributed by atoms with Crippen LogP contribution in [-0.4, -0.2) is 22.3 Å². The molecular weight excluding hydrogens is 164 g/mol. The van der Waals surface area contributed by atoms with E-state index in [2.05, 4.69) is 9.55 Å². The third-order valence-electron chi connectivity index (χ3n) is 2.53. The van der Waals surface area contributed by atoms with Crippen molar-refractivity contribution in [3.05, 3.63) is 18.7 Å². The second-order valence-electron chi connectivity index (χ2n) is 3.58. The van der Waals surface area contributed by atoms with Crippen molar-refractivity contribution in [2.45, 2.75) is 38.3 Å². The van der Waals surface area contributed by atoms with Gasteiger partial charge in [0, 0.05) is 25.5 Å². The van der Waals surface area contributed by atoms with Gasteiger partial charge in [0.25, 0.3) is 0 Å². The fraction of sp³-hybridized carbons (Fsp3) is 0.700. The zero-order chi connectivity index (χ0) is 8.93. The first kappa shape index (κ1) is 8.75. The predicted molar refractivity (Wildman–Crippen MR) is 50.4 cm³/mol. The highest BCUT2D eigenvalue weighted by molar-refractivity contribution is 4.74. The van der Waals surface area contributed by atoms with Crippen molar-refractivity contribution in [1.82, 2.24) is 9.55 Å². The number of nitrogens with zero attached hydrogens (tertiary/aromatic N) is 2. The first-order valence-electron chi connectivity index (χ1n) is 5.02. The number of aryl methyl sites for hydroxylation is 1. The SMILES string of the molecule is c1cn(CCCC2CCCO2)cn1. The van der Waals surface area contributed by atoms with Gasteiger partial charge < -0.3 is 9.30 Å². The van der Waals surface area contributed by atoms with Gasteiger partial charge in [-0.15, -0.1) is 0 Å². The van der Waals surface area contributed by atoms with Gasteiger partial charge in [-0.05, 0) is 25.7 Å². The van der Waals surface area contributed by atoms with Gasteiger partial charge in [0.1, 0.15) is 0 Å². The van der Waals surface area contributed by atoms with Crippen LogP contribution in [0.25, 0.3) is 0 Å². The molecule has 0 saturated carbocycles. The molecule has 0 spiro atoms. The normalized spacial score (nSPS) is 22.3. The van der Waals surface area contributed by atoms with E-state index in [1.807, 2.05) is 18.7 Å². The van der Waals surface area contributed by atoms with E-state index in [9.17, 15) is 0 Å². The first-order chi connectivity index (χ1) is 6.45. The summed E-state index contributed by atoms with van der Waals surface area (Å²) in [5.74, 6) is 0. The standard InChI is InChI=1S/C10H16N2O/c1(3-10-4-2-8-13-10)6-12-7-5-11-9-12/h5,7,9-10H,1-4,6,8H2. The number of rotatable bonds is 4. The number of hydrogen-bond acceptors (Lipinski definition) is 2. The third kappa shape index (κ3) is 2.56. The molecule has 1 fully saturated rings. The first-order valence-corrected chi connectivity index (χ1v) is 5.02. The van der Waals surface area contributed by atoms with Gasteiger partial charge in [-0.1, -0.05) is 0 Å². The largest absolute Gasteiger partial charge is 0.378 e. The quantitative estimate of drug-likeness (QED) is 0.707. The Morgan fingerprint density at radius 1 is 1.54 bits per heavy atom. The maximum Gasteiger partial charge on any atom is 0.0945 e. The molecule has 3 heteroatoms. The minimum absolute atomic E-state index is 0.531. The van der Waals surface area contributed by atoms with Crippen LogP contribution in [0.4, 0.5) is 0 Å². The number of imidazole rings is 1.